The van der Waals surface area contributed by atoms with Gasteiger partial charge in [0, 0.05) is 25.1 Å². The number of hydrogen-bond acceptors (Lipinski definition) is 5. The standard InChI is InChI=1S/C25H28F2N4O3.CH4/c1-31(23(32)12-11-17-8-4-10-21(26)24(17)27)20(9-5-13-28)16-34-25(33)30-22-14-18-6-2-3-7-19(18)15-29-22;/h2-4,6-8,10,14-15,20H,5,9,11-13,16,28H2,1H3,(H,29,30,33);1H4/t20-;/m0./s1. The molecular weight excluding hydrogens is 454 g/mol. The van der Waals surface area contributed by atoms with Gasteiger partial charge in [-0.1, -0.05) is 43.8 Å². The van der Waals surface area contributed by atoms with Crippen LogP contribution in [-0.2, 0) is 16.0 Å². The molecule has 0 saturated carbocycles. The molecule has 0 radical (unpaired) electrons. The largest absolute Gasteiger partial charge is 0.447 e. The number of nitrogens with zero attached hydrogens (tertiary/aromatic N) is 2. The number of benzene rings is 2. The van der Waals surface area contributed by atoms with Crippen LogP contribution in [0, 0.1) is 11.6 Å². The van der Waals surface area contributed by atoms with E-state index in [0.29, 0.717) is 25.2 Å². The second kappa shape index (κ2) is 13.3. The van der Waals surface area contributed by atoms with Crippen molar-refractivity contribution in [2.75, 3.05) is 25.5 Å². The molecule has 0 unspecified atom stereocenters. The molecule has 0 spiro atoms. The lowest BCUT2D eigenvalue weighted by atomic mass is 10.1. The SMILES string of the molecule is C.CN(C(=O)CCc1cccc(F)c1F)[C@@H](CCCN)COC(=O)Nc1cc2ccccc2cn1. The van der Waals surface area contributed by atoms with Gasteiger partial charge >= 0.3 is 6.09 Å². The number of rotatable bonds is 10. The van der Waals surface area contributed by atoms with Crippen LogP contribution in [0.2, 0.25) is 0 Å². The van der Waals surface area contributed by atoms with Crippen molar-refractivity contribution >= 4 is 28.6 Å². The molecule has 3 aromatic rings. The van der Waals surface area contributed by atoms with Crippen molar-refractivity contribution in [3.8, 4) is 0 Å². The van der Waals surface area contributed by atoms with Crippen molar-refractivity contribution in [3.63, 3.8) is 0 Å². The third-order valence-electron chi connectivity index (χ3n) is 5.59. The summed E-state index contributed by atoms with van der Waals surface area (Å²) in [6.07, 6.45) is 2.16. The molecule has 7 nitrogen and oxygen atoms in total. The molecule has 9 heteroatoms. The van der Waals surface area contributed by atoms with Crippen LogP contribution in [0.4, 0.5) is 19.4 Å². The molecule has 1 heterocycles. The van der Waals surface area contributed by atoms with Gasteiger partial charge in [0.25, 0.3) is 0 Å². The second-order valence-corrected chi connectivity index (χ2v) is 7.94. The van der Waals surface area contributed by atoms with Crippen LogP contribution >= 0.6 is 0 Å². The Morgan fingerprint density at radius 1 is 1.14 bits per heavy atom. The molecule has 2 aromatic carbocycles. The minimum absolute atomic E-state index is 0. The van der Waals surface area contributed by atoms with Gasteiger partial charge in [0.05, 0.1) is 6.04 Å². The maximum Gasteiger partial charge on any atom is 0.412 e. The zero-order valence-corrected chi connectivity index (χ0v) is 19.0. The number of anilines is 1. The van der Waals surface area contributed by atoms with Gasteiger partial charge in [-0.05, 0) is 48.9 Å². The Labute approximate surface area is 204 Å². The van der Waals surface area contributed by atoms with Gasteiger partial charge < -0.3 is 15.4 Å². The van der Waals surface area contributed by atoms with E-state index in [-0.39, 0.29) is 38.3 Å². The first-order valence-electron chi connectivity index (χ1n) is 11.1. The summed E-state index contributed by atoms with van der Waals surface area (Å²) in [7, 11) is 1.59. The van der Waals surface area contributed by atoms with E-state index in [1.54, 1.807) is 19.3 Å². The number of fused-ring (bicyclic) bond motifs is 1. The summed E-state index contributed by atoms with van der Waals surface area (Å²) in [5.74, 6) is -1.81. The van der Waals surface area contributed by atoms with Gasteiger partial charge in [0.15, 0.2) is 11.6 Å². The molecule has 188 valence electrons. The monoisotopic (exact) mass is 486 g/mol. The van der Waals surface area contributed by atoms with Gasteiger partial charge in [0.1, 0.15) is 12.4 Å². The van der Waals surface area contributed by atoms with E-state index < -0.39 is 23.8 Å². The number of likely N-dealkylation sites (N-methyl/N-ethyl adjacent to an activating group) is 1. The number of pyridine rings is 1. The average Bonchev–Trinajstić information content (AvgIpc) is 2.84. The molecule has 2 amide bonds. The summed E-state index contributed by atoms with van der Waals surface area (Å²) in [5.41, 5.74) is 5.75. The van der Waals surface area contributed by atoms with Crippen molar-refractivity contribution in [3.05, 3.63) is 71.9 Å². The van der Waals surface area contributed by atoms with Gasteiger partial charge in [-0.2, -0.15) is 0 Å². The number of carbonyl (C=O) groups excluding carboxylic acids is 2. The van der Waals surface area contributed by atoms with Gasteiger partial charge in [-0.3, -0.25) is 10.1 Å². The minimum Gasteiger partial charge on any atom is -0.447 e. The molecule has 0 fully saturated rings. The molecule has 35 heavy (non-hydrogen) atoms. The summed E-state index contributed by atoms with van der Waals surface area (Å²) in [6, 6.07) is 12.8. The number of amides is 2. The predicted octanol–water partition coefficient (Wildman–Crippen LogP) is 4.90. The normalized spacial score (nSPS) is 11.4. The highest BCUT2D eigenvalue weighted by atomic mass is 19.2. The van der Waals surface area contributed by atoms with Crippen LogP contribution in [0.3, 0.4) is 0 Å². The summed E-state index contributed by atoms with van der Waals surface area (Å²) in [5, 5.41) is 4.46. The van der Waals surface area contributed by atoms with Crippen LogP contribution in [0.25, 0.3) is 10.8 Å². The summed E-state index contributed by atoms with van der Waals surface area (Å²) in [6.45, 7) is 0.371. The number of aryl methyl sites for hydroxylation is 1. The second-order valence-electron chi connectivity index (χ2n) is 7.94. The molecule has 0 aliphatic rings. The van der Waals surface area contributed by atoms with Gasteiger partial charge in [0.2, 0.25) is 5.91 Å². The van der Waals surface area contributed by atoms with E-state index in [0.717, 1.165) is 16.8 Å². The first-order chi connectivity index (χ1) is 16.4. The maximum absolute atomic E-state index is 13.9. The van der Waals surface area contributed by atoms with E-state index in [2.05, 4.69) is 10.3 Å². The maximum atomic E-state index is 13.9. The Morgan fingerprint density at radius 2 is 1.89 bits per heavy atom. The molecule has 1 aromatic heterocycles. The zero-order valence-electron chi connectivity index (χ0n) is 19.0. The fourth-order valence-corrected chi connectivity index (χ4v) is 3.57. The van der Waals surface area contributed by atoms with Crippen molar-refractivity contribution < 1.29 is 23.1 Å². The number of nitrogens with one attached hydrogen (secondary N) is 1. The fourth-order valence-electron chi connectivity index (χ4n) is 3.57. The van der Waals surface area contributed by atoms with Crippen LogP contribution in [0.15, 0.2) is 54.7 Å². The third-order valence-corrected chi connectivity index (χ3v) is 5.59. The summed E-state index contributed by atoms with van der Waals surface area (Å²) in [4.78, 5) is 30.7. The Balaban J connectivity index is 0.00000432. The number of halogens is 2. The number of ether oxygens (including phenoxy) is 1. The van der Waals surface area contributed by atoms with Gasteiger partial charge in [-0.25, -0.2) is 18.6 Å². The molecule has 1 atom stereocenters. The third kappa shape index (κ3) is 7.71. The lowest BCUT2D eigenvalue weighted by Gasteiger charge is -2.28. The van der Waals surface area contributed by atoms with E-state index in [1.807, 2.05) is 24.3 Å². The number of aromatic nitrogens is 1. The molecule has 0 bridgehead atoms. The highest BCUT2D eigenvalue weighted by Gasteiger charge is 2.22. The van der Waals surface area contributed by atoms with Crippen LogP contribution < -0.4 is 11.1 Å². The molecule has 3 N–H and O–H groups in total. The summed E-state index contributed by atoms with van der Waals surface area (Å²) < 4.78 is 32.6. The fraction of sp³-hybridized carbons (Fsp3) is 0.346. The molecule has 0 aliphatic heterocycles. The first kappa shape index (κ1) is 27.7. The van der Waals surface area contributed by atoms with E-state index in [9.17, 15) is 18.4 Å². The quantitative estimate of drug-likeness (QED) is 0.425. The van der Waals surface area contributed by atoms with Crippen LogP contribution in [0.5, 0.6) is 0 Å². The van der Waals surface area contributed by atoms with E-state index >= 15 is 0 Å². The lowest BCUT2D eigenvalue weighted by Crippen LogP contribution is -2.41. The van der Waals surface area contributed by atoms with Crippen LogP contribution in [-0.4, -0.2) is 48.1 Å². The molecular formula is C26H32F2N4O3. The average molecular weight is 487 g/mol. The molecule has 0 aliphatic carbocycles. The first-order valence-corrected chi connectivity index (χ1v) is 11.1. The van der Waals surface area contributed by atoms with Crippen molar-refractivity contribution in [2.24, 2.45) is 5.73 Å². The van der Waals surface area contributed by atoms with Crippen LogP contribution in [0.1, 0.15) is 32.3 Å². The van der Waals surface area contributed by atoms with E-state index in [1.165, 1.54) is 17.0 Å². The van der Waals surface area contributed by atoms with E-state index in [4.69, 9.17) is 10.5 Å². The number of carbonyl (C=O) groups is 2. The number of nitrogens with two attached hydrogens (primary N) is 1. The van der Waals surface area contributed by atoms with Crippen molar-refractivity contribution in [1.82, 2.24) is 9.88 Å². The van der Waals surface area contributed by atoms with Crippen molar-refractivity contribution in [2.45, 2.75) is 39.2 Å². The Kier molecular flexibility index (Phi) is 10.5. The molecule has 0 saturated heterocycles. The molecule has 3 rings (SSSR count). The Bertz CT molecular complexity index is 1140. The highest BCUT2D eigenvalue weighted by Crippen LogP contribution is 2.17. The number of hydrogen-bond donors (Lipinski definition) is 2. The zero-order chi connectivity index (χ0) is 24.5. The lowest BCUT2D eigenvalue weighted by molar-refractivity contribution is -0.132. The Morgan fingerprint density at radius 3 is 2.63 bits per heavy atom. The topological polar surface area (TPSA) is 97.5 Å². The smallest absolute Gasteiger partial charge is 0.412 e. The van der Waals surface area contributed by atoms with Crippen molar-refractivity contribution in [1.29, 1.82) is 0 Å². The minimum atomic E-state index is -0.945. The van der Waals surface area contributed by atoms with Gasteiger partial charge in [-0.15, -0.1) is 0 Å². The predicted molar refractivity (Wildman–Crippen MR) is 133 cm³/mol. The highest BCUT2D eigenvalue weighted by molar-refractivity contribution is 5.89. The Hall–Kier alpha value is -3.59. The summed E-state index contributed by atoms with van der Waals surface area (Å²) >= 11 is 0.